The summed E-state index contributed by atoms with van der Waals surface area (Å²) in [4.78, 5) is 0. The number of hydrogen-bond donors (Lipinski definition) is 1. The Morgan fingerprint density at radius 1 is 0.700 bits per heavy atom. The Morgan fingerprint density at radius 3 is 1.50 bits per heavy atom. The van der Waals surface area contributed by atoms with Gasteiger partial charge in [-0.15, -0.1) is 0 Å². The van der Waals surface area contributed by atoms with E-state index in [9.17, 15) is 5.11 Å². The van der Waals surface area contributed by atoms with Crippen LogP contribution in [0, 0.1) is 11.8 Å². The molecule has 4 atom stereocenters. The minimum Gasteiger partial charge on any atom is -0.393 e. The first kappa shape index (κ1) is 12.2. The largest absolute Gasteiger partial charge is 0.393 e. The van der Waals surface area contributed by atoms with Crippen molar-refractivity contribution in [1.29, 1.82) is 0 Å². The summed E-state index contributed by atoms with van der Waals surface area (Å²) in [6, 6.07) is 21.3. The van der Waals surface area contributed by atoms with Crippen molar-refractivity contribution < 1.29 is 5.11 Å². The molecule has 0 saturated heterocycles. The quantitative estimate of drug-likeness (QED) is 0.886. The molecule has 0 bridgehead atoms. The van der Waals surface area contributed by atoms with Crippen molar-refractivity contribution in [2.45, 2.75) is 30.8 Å². The number of hydrogen-bond acceptors (Lipinski definition) is 1. The summed E-state index contributed by atoms with van der Waals surface area (Å²) in [7, 11) is 0. The average Bonchev–Trinajstić information content (AvgIpc) is 3.40. The summed E-state index contributed by atoms with van der Waals surface area (Å²) in [6.45, 7) is 0. The monoisotopic (exact) mass is 264 g/mol. The van der Waals surface area contributed by atoms with Gasteiger partial charge in [0, 0.05) is 0 Å². The maximum atomic E-state index is 10.6. The van der Waals surface area contributed by atoms with E-state index in [4.69, 9.17) is 0 Å². The molecule has 1 heteroatoms. The Kier molecular flexibility index (Phi) is 2.89. The fourth-order valence-corrected chi connectivity index (χ4v) is 3.67. The van der Waals surface area contributed by atoms with E-state index in [0.29, 0.717) is 23.7 Å². The van der Waals surface area contributed by atoms with Gasteiger partial charge in [-0.25, -0.2) is 0 Å². The van der Waals surface area contributed by atoms with Crippen molar-refractivity contribution in [3.05, 3.63) is 71.8 Å². The lowest BCUT2D eigenvalue weighted by Crippen LogP contribution is -2.14. The molecule has 0 spiro atoms. The zero-order valence-corrected chi connectivity index (χ0v) is 11.5. The zero-order valence-electron chi connectivity index (χ0n) is 11.5. The number of aliphatic hydroxyl groups is 1. The van der Waals surface area contributed by atoms with E-state index in [1.807, 2.05) is 0 Å². The van der Waals surface area contributed by atoms with E-state index in [-0.39, 0.29) is 6.10 Å². The minimum atomic E-state index is -0.120. The summed E-state index contributed by atoms with van der Waals surface area (Å²) in [5.41, 5.74) is 2.79. The Bertz CT molecular complexity index is 524. The fraction of sp³-hybridized carbons (Fsp3) is 0.368. The lowest BCUT2D eigenvalue weighted by atomic mass is 10.0. The smallest absolute Gasteiger partial charge is 0.0608 e. The van der Waals surface area contributed by atoms with Gasteiger partial charge >= 0.3 is 0 Å². The predicted octanol–water partition coefficient (Wildman–Crippen LogP) is 3.95. The van der Waals surface area contributed by atoms with E-state index in [0.717, 1.165) is 12.8 Å². The van der Waals surface area contributed by atoms with Crippen molar-refractivity contribution in [3.63, 3.8) is 0 Å². The van der Waals surface area contributed by atoms with Gasteiger partial charge in [-0.05, 0) is 47.6 Å². The second-order valence-corrected chi connectivity index (χ2v) is 6.32. The molecular weight excluding hydrogens is 244 g/mol. The third kappa shape index (κ3) is 2.16. The van der Waals surface area contributed by atoms with Gasteiger partial charge in [0.1, 0.15) is 0 Å². The summed E-state index contributed by atoms with van der Waals surface area (Å²) in [5.74, 6) is 2.14. The van der Waals surface area contributed by atoms with Crippen LogP contribution >= 0.6 is 0 Å². The Labute approximate surface area is 120 Å². The summed E-state index contributed by atoms with van der Waals surface area (Å²) in [6.07, 6.45) is 2.19. The van der Waals surface area contributed by atoms with Gasteiger partial charge in [-0.2, -0.15) is 0 Å². The first-order chi connectivity index (χ1) is 9.84. The summed E-state index contributed by atoms with van der Waals surface area (Å²) < 4.78 is 0. The molecule has 102 valence electrons. The average molecular weight is 264 g/mol. The van der Waals surface area contributed by atoms with Crippen LogP contribution in [0.15, 0.2) is 60.7 Å². The van der Waals surface area contributed by atoms with Gasteiger partial charge in [-0.1, -0.05) is 60.7 Å². The molecule has 0 aromatic heterocycles. The number of benzene rings is 2. The van der Waals surface area contributed by atoms with Crippen LogP contribution in [0.1, 0.15) is 35.8 Å². The van der Waals surface area contributed by atoms with Crippen LogP contribution < -0.4 is 0 Å². The Balaban J connectivity index is 1.40. The lowest BCUT2D eigenvalue weighted by molar-refractivity contribution is 0.124. The maximum absolute atomic E-state index is 10.6. The van der Waals surface area contributed by atoms with Gasteiger partial charge < -0.3 is 5.11 Å². The molecule has 2 aromatic rings. The Morgan fingerprint density at radius 2 is 1.10 bits per heavy atom. The molecule has 0 heterocycles. The third-order valence-electron chi connectivity index (χ3n) is 5.01. The maximum Gasteiger partial charge on any atom is 0.0608 e. The van der Waals surface area contributed by atoms with E-state index < -0.39 is 0 Å². The standard InChI is InChI=1S/C19H20O/c20-19(17-11-15(17)13-7-3-1-4-8-13)18-12-16(18)14-9-5-2-6-10-14/h1-10,15-20H,11-12H2. The molecule has 2 fully saturated rings. The molecule has 0 amide bonds. The van der Waals surface area contributed by atoms with Gasteiger partial charge in [0.2, 0.25) is 0 Å². The van der Waals surface area contributed by atoms with Crippen LogP contribution in [0.25, 0.3) is 0 Å². The molecule has 2 aliphatic carbocycles. The van der Waals surface area contributed by atoms with Crippen molar-refractivity contribution in [1.82, 2.24) is 0 Å². The molecule has 20 heavy (non-hydrogen) atoms. The van der Waals surface area contributed by atoms with Crippen molar-refractivity contribution in [2.75, 3.05) is 0 Å². The van der Waals surface area contributed by atoms with Crippen LogP contribution in [0.5, 0.6) is 0 Å². The Hall–Kier alpha value is -1.60. The third-order valence-corrected chi connectivity index (χ3v) is 5.01. The van der Waals surface area contributed by atoms with Crippen molar-refractivity contribution in [2.24, 2.45) is 11.8 Å². The van der Waals surface area contributed by atoms with Crippen LogP contribution in [-0.4, -0.2) is 11.2 Å². The molecule has 0 aliphatic heterocycles. The molecule has 4 rings (SSSR count). The van der Waals surface area contributed by atoms with Gasteiger partial charge in [-0.3, -0.25) is 0 Å². The molecule has 2 aliphatic rings. The second kappa shape index (κ2) is 4.75. The van der Waals surface area contributed by atoms with Crippen LogP contribution in [0.2, 0.25) is 0 Å². The van der Waals surface area contributed by atoms with E-state index in [1.165, 1.54) is 11.1 Å². The van der Waals surface area contributed by atoms with Crippen molar-refractivity contribution in [3.8, 4) is 0 Å². The SMILES string of the molecule is OC(C1CC1c1ccccc1)C1CC1c1ccccc1. The molecule has 0 radical (unpaired) electrons. The highest BCUT2D eigenvalue weighted by atomic mass is 16.3. The highest BCUT2D eigenvalue weighted by Gasteiger charge is 2.53. The molecule has 2 saturated carbocycles. The fourth-order valence-electron chi connectivity index (χ4n) is 3.67. The van der Waals surface area contributed by atoms with Crippen LogP contribution in [-0.2, 0) is 0 Å². The highest BCUT2D eigenvalue weighted by molar-refractivity contribution is 5.30. The molecular formula is C19H20O. The van der Waals surface area contributed by atoms with Gasteiger partial charge in [0.25, 0.3) is 0 Å². The molecule has 1 N–H and O–H groups in total. The first-order valence-electron chi connectivity index (χ1n) is 7.62. The number of rotatable bonds is 4. The molecule has 2 aromatic carbocycles. The zero-order chi connectivity index (χ0) is 13.5. The predicted molar refractivity (Wildman–Crippen MR) is 80.6 cm³/mol. The van der Waals surface area contributed by atoms with Crippen LogP contribution in [0.3, 0.4) is 0 Å². The molecule has 4 unspecified atom stereocenters. The van der Waals surface area contributed by atoms with Gasteiger partial charge in [0.05, 0.1) is 6.10 Å². The van der Waals surface area contributed by atoms with E-state index in [1.54, 1.807) is 0 Å². The number of aliphatic hydroxyl groups excluding tert-OH is 1. The first-order valence-corrected chi connectivity index (χ1v) is 7.62. The summed E-state index contributed by atoms with van der Waals surface area (Å²) >= 11 is 0. The topological polar surface area (TPSA) is 20.2 Å². The van der Waals surface area contributed by atoms with Crippen molar-refractivity contribution >= 4 is 0 Å². The van der Waals surface area contributed by atoms with Gasteiger partial charge in [0.15, 0.2) is 0 Å². The van der Waals surface area contributed by atoms with E-state index in [2.05, 4.69) is 60.7 Å². The molecule has 1 nitrogen and oxygen atoms in total. The highest BCUT2D eigenvalue weighted by Crippen LogP contribution is 2.58. The minimum absolute atomic E-state index is 0.120. The second-order valence-electron chi connectivity index (χ2n) is 6.32. The van der Waals surface area contributed by atoms with Crippen LogP contribution in [0.4, 0.5) is 0 Å². The lowest BCUT2D eigenvalue weighted by Gasteiger charge is -2.10. The van der Waals surface area contributed by atoms with E-state index >= 15 is 0 Å². The normalized spacial score (nSPS) is 32.6. The summed E-state index contributed by atoms with van der Waals surface area (Å²) in [5, 5.41) is 10.6.